The molecule has 1 aliphatic heterocycles. The molecule has 0 unspecified atom stereocenters. The highest BCUT2D eigenvalue weighted by Crippen LogP contribution is 2.23. The third-order valence-corrected chi connectivity index (χ3v) is 2.41. The van der Waals surface area contributed by atoms with E-state index < -0.39 is 0 Å². The molecule has 3 heteroatoms. The van der Waals surface area contributed by atoms with E-state index in [1.165, 1.54) is 0 Å². The Morgan fingerprint density at radius 1 is 1.33 bits per heavy atom. The van der Waals surface area contributed by atoms with Crippen molar-refractivity contribution in [1.82, 2.24) is 5.48 Å². The summed E-state index contributed by atoms with van der Waals surface area (Å²) in [6.45, 7) is 0.636. The van der Waals surface area contributed by atoms with Gasteiger partial charge in [0, 0.05) is 10.0 Å². The summed E-state index contributed by atoms with van der Waals surface area (Å²) in [5.41, 5.74) is 5.01. The number of halogens is 1. The highest BCUT2D eigenvalue weighted by molar-refractivity contribution is 9.10. The van der Waals surface area contributed by atoms with Gasteiger partial charge in [-0.05, 0) is 12.1 Å². The third kappa shape index (κ3) is 1.38. The molecule has 1 aliphatic rings. The van der Waals surface area contributed by atoms with Crippen LogP contribution in [0, 0.1) is 0 Å². The number of benzene rings is 1. The van der Waals surface area contributed by atoms with Crippen LogP contribution in [0.5, 0.6) is 0 Å². The van der Waals surface area contributed by atoms with Crippen LogP contribution < -0.4 is 5.48 Å². The minimum Gasteiger partial charge on any atom is -0.272 e. The average molecular weight is 226 g/mol. The Morgan fingerprint density at radius 2 is 2.17 bits per heavy atom. The summed E-state index contributed by atoms with van der Waals surface area (Å²) in [5, 5.41) is 0. The van der Waals surface area contributed by atoms with Crippen LogP contribution in [-0.2, 0) is 4.84 Å². The fourth-order valence-electron chi connectivity index (χ4n) is 1.13. The van der Waals surface area contributed by atoms with Crippen LogP contribution in [0.1, 0.15) is 5.56 Å². The van der Waals surface area contributed by atoms with Crippen molar-refractivity contribution < 1.29 is 4.84 Å². The number of nitrogens with one attached hydrogen (secondary N) is 1. The third-order valence-electron chi connectivity index (χ3n) is 1.72. The topological polar surface area (TPSA) is 21.3 Å². The van der Waals surface area contributed by atoms with Crippen molar-refractivity contribution in [3.63, 3.8) is 0 Å². The summed E-state index contributed by atoms with van der Waals surface area (Å²) >= 11 is 3.47. The first kappa shape index (κ1) is 7.83. The molecule has 12 heavy (non-hydrogen) atoms. The maximum absolute atomic E-state index is 5.00. The van der Waals surface area contributed by atoms with E-state index in [1.807, 2.05) is 30.3 Å². The molecule has 0 saturated carbocycles. The predicted octanol–water partition coefficient (Wildman–Crippen LogP) is 2.32. The summed E-state index contributed by atoms with van der Waals surface area (Å²) in [6.07, 6.45) is 2.01. The molecular formula is C9H8BrNO. The Balaban J connectivity index is 2.39. The lowest BCUT2D eigenvalue weighted by molar-refractivity contribution is 0.121. The van der Waals surface area contributed by atoms with Gasteiger partial charge in [0.05, 0.1) is 12.3 Å². The largest absolute Gasteiger partial charge is 0.272 e. The van der Waals surface area contributed by atoms with Crippen LogP contribution in [0.15, 0.2) is 34.8 Å². The van der Waals surface area contributed by atoms with Gasteiger partial charge in [-0.3, -0.25) is 10.3 Å². The molecule has 0 radical (unpaired) electrons. The van der Waals surface area contributed by atoms with Crippen LogP contribution in [0.3, 0.4) is 0 Å². The lowest BCUT2D eigenvalue weighted by Gasteiger charge is -2.04. The molecular weight excluding hydrogens is 218 g/mol. The zero-order chi connectivity index (χ0) is 8.39. The molecule has 0 saturated heterocycles. The predicted molar refractivity (Wildman–Crippen MR) is 51.2 cm³/mol. The van der Waals surface area contributed by atoms with Gasteiger partial charge >= 0.3 is 0 Å². The van der Waals surface area contributed by atoms with Gasteiger partial charge in [0.15, 0.2) is 0 Å². The number of hydroxylamine groups is 1. The Bertz CT molecular complexity index is 322. The standard InChI is InChI=1S/C9H8BrNO/c10-8-4-2-1-3-7(8)9-5-6-12-11-9/h1-5,11H,6H2. The van der Waals surface area contributed by atoms with Crippen LogP contribution in [0.25, 0.3) is 5.70 Å². The van der Waals surface area contributed by atoms with Crippen LogP contribution in [0.4, 0.5) is 0 Å². The van der Waals surface area contributed by atoms with Gasteiger partial charge in [0.25, 0.3) is 0 Å². The second-order valence-electron chi connectivity index (χ2n) is 2.51. The Morgan fingerprint density at radius 3 is 2.83 bits per heavy atom. The lowest BCUT2D eigenvalue weighted by Crippen LogP contribution is -2.05. The molecule has 2 rings (SSSR count). The number of rotatable bonds is 1. The maximum atomic E-state index is 5.00. The molecule has 0 bridgehead atoms. The smallest absolute Gasteiger partial charge is 0.0951 e. The van der Waals surface area contributed by atoms with Crippen molar-refractivity contribution in [3.05, 3.63) is 40.4 Å². The van der Waals surface area contributed by atoms with Crippen molar-refractivity contribution in [2.24, 2.45) is 0 Å². The van der Waals surface area contributed by atoms with E-state index in [1.54, 1.807) is 0 Å². The fraction of sp³-hybridized carbons (Fsp3) is 0.111. The highest BCUT2D eigenvalue weighted by atomic mass is 79.9. The van der Waals surface area contributed by atoms with Crippen LogP contribution in [0.2, 0.25) is 0 Å². The molecule has 0 atom stereocenters. The zero-order valence-corrected chi connectivity index (χ0v) is 7.97. The Hall–Kier alpha value is -0.800. The molecule has 0 amide bonds. The quantitative estimate of drug-likeness (QED) is 0.793. The van der Waals surface area contributed by atoms with E-state index in [2.05, 4.69) is 21.4 Å². The number of hydrogen-bond acceptors (Lipinski definition) is 2. The van der Waals surface area contributed by atoms with E-state index in [0.29, 0.717) is 6.61 Å². The first-order chi connectivity index (χ1) is 5.88. The molecule has 0 aliphatic carbocycles. The molecule has 0 fully saturated rings. The Kier molecular flexibility index (Phi) is 2.15. The van der Waals surface area contributed by atoms with Crippen molar-refractivity contribution >= 4 is 21.6 Å². The maximum Gasteiger partial charge on any atom is 0.0951 e. The first-order valence-corrected chi connectivity index (χ1v) is 4.50. The van der Waals surface area contributed by atoms with Crippen molar-refractivity contribution in [1.29, 1.82) is 0 Å². The summed E-state index contributed by atoms with van der Waals surface area (Å²) in [5.74, 6) is 0. The van der Waals surface area contributed by atoms with Gasteiger partial charge in [-0.15, -0.1) is 0 Å². The molecule has 2 nitrogen and oxygen atoms in total. The van der Waals surface area contributed by atoms with E-state index in [-0.39, 0.29) is 0 Å². The van der Waals surface area contributed by atoms with Gasteiger partial charge < -0.3 is 0 Å². The minimum absolute atomic E-state index is 0.636. The van der Waals surface area contributed by atoms with Gasteiger partial charge in [-0.1, -0.05) is 34.1 Å². The summed E-state index contributed by atoms with van der Waals surface area (Å²) in [7, 11) is 0. The summed E-state index contributed by atoms with van der Waals surface area (Å²) in [4.78, 5) is 5.00. The van der Waals surface area contributed by atoms with Gasteiger partial charge in [-0.2, -0.15) is 0 Å². The second kappa shape index (κ2) is 3.29. The Labute approximate surface area is 79.3 Å². The average Bonchev–Trinajstić information content (AvgIpc) is 2.57. The van der Waals surface area contributed by atoms with Crippen molar-refractivity contribution in [2.75, 3.05) is 6.61 Å². The van der Waals surface area contributed by atoms with E-state index in [0.717, 1.165) is 15.7 Å². The van der Waals surface area contributed by atoms with E-state index in [9.17, 15) is 0 Å². The van der Waals surface area contributed by atoms with Gasteiger partial charge in [0.2, 0.25) is 0 Å². The zero-order valence-electron chi connectivity index (χ0n) is 6.38. The fourth-order valence-corrected chi connectivity index (χ4v) is 1.63. The number of hydrogen-bond donors (Lipinski definition) is 1. The molecule has 0 aromatic heterocycles. The van der Waals surface area contributed by atoms with Gasteiger partial charge in [-0.25, -0.2) is 0 Å². The van der Waals surface area contributed by atoms with E-state index >= 15 is 0 Å². The minimum atomic E-state index is 0.636. The van der Waals surface area contributed by atoms with Crippen LogP contribution in [-0.4, -0.2) is 6.61 Å². The van der Waals surface area contributed by atoms with Gasteiger partial charge in [0.1, 0.15) is 0 Å². The second-order valence-corrected chi connectivity index (χ2v) is 3.37. The molecule has 1 heterocycles. The van der Waals surface area contributed by atoms with E-state index in [4.69, 9.17) is 4.84 Å². The molecule has 1 N–H and O–H groups in total. The highest BCUT2D eigenvalue weighted by Gasteiger charge is 2.08. The normalized spacial score (nSPS) is 15.6. The molecule has 62 valence electrons. The molecule has 1 aromatic carbocycles. The molecule has 0 spiro atoms. The summed E-state index contributed by atoms with van der Waals surface area (Å²) in [6, 6.07) is 8.04. The van der Waals surface area contributed by atoms with Crippen molar-refractivity contribution in [2.45, 2.75) is 0 Å². The van der Waals surface area contributed by atoms with Crippen molar-refractivity contribution in [3.8, 4) is 0 Å². The lowest BCUT2D eigenvalue weighted by atomic mass is 10.1. The molecule has 1 aromatic rings. The monoisotopic (exact) mass is 225 g/mol. The summed E-state index contributed by atoms with van der Waals surface area (Å²) < 4.78 is 1.08. The SMILES string of the molecule is Brc1ccccc1C1=CCON1. The van der Waals surface area contributed by atoms with Crippen LogP contribution >= 0.6 is 15.9 Å². The first-order valence-electron chi connectivity index (χ1n) is 3.71.